The lowest BCUT2D eigenvalue weighted by atomic mass is 9.33. The Hall–Kier alpha value is -10.9. The molecule has 83 heavy (non-hydrogen) atoms. The third-order valence-corrected chi connectivity index (χ3v) is 15.8. The van der Waals surface area contributed by atoms with Crippen molar-refractivity contribution >= 4 is 101 Å². The molecule has 0 N–H and O–H groups in total. The first-order chi connectivity index (χ1) is 50.4. The van der Waals surface area contributed by atoms with Crippen LogP contribution in [0.25, 0.3) is 99.5 Å². The molecule has 386 valence electrons. The van der Waals surface area contributed by atoms with Crippen molar-refractivity contribution in [3.63, 3.8) is 0 Å². The van der Waals surface area contributed by atoms with Crippen LogP contribution in [-0.4, -0.2) is 15.8 Å². The van der Waals surface area contributed by atoms with Crippen molar-refractivity contribution in [3.05, 3.63) is 309 Å². The molecule has 17 rings (SSSR count). The van der Waals surface area contributed by atoms with E-state index in [1.807, 2.05) is 158 Å². The number of rotatable bonds is 8. The predicted molar refractivity (Wildman–Crippen MR) is 351 cm³/mol. The molecule has 5 heteroatoms. The van der Waals surface area contributed by atoms with E-state index in [0.717, 1.165) is 9.13 Å². The van der Waals surface area contributed by atoms with Crippen molar-refractivity contribution in [1.82, 2.24) is 9.13 Å². The van der Waals surface area contributed by atoms with E-state index < -0.39 is 173 Å². The molecule has 15 aromatic rings. The van der Waals surface area contributed by atoms with Crippen molar-refractivity contribution in [1.29, 1.82) is 0 Å². The molecule has 0 saturated heterocycles. The molecule has 2 aromatic heterocycles. The molecule has 0 saturated carbocycles. The second-order valence-electron chi connectivity index (χ2n) is 20.2. The van der Waals surface area contributed by atoms with Gasteiger partial charge in [0.15, 0.2) is 0 Å². The Labute approximate surface area is 513 Å². The number of benzene rings is 13. The molecule has 0 bridgehead atoms. The lowest BCUT2D eigenvalue weighted by Gasteiger charge is -2.45. The number of hydrogen-bond donors (Lipinski definition) is 0. The molecule has 4 nitrogen and oxygen atoms in total. The van der Waals surface area contributed by atoms with Gasteiger partial charge in [-0.05, 0) is 99.1 Å². The lowest BCUT2D eigenvalue weighted by Crippen LogP contribution is -2.61. The van der Waals surface area contributed by atoms with Gasteiger partial charge in [-0.2, -0.15) is 0 Å². The fraction of sp³-hybridized carbons (Fsp3) is 0. The van der Waals surface area contributed by atoms with Crippen molar-refractivity contribution in [2.45, 2.75) is 0 Å². The second kappa shape index (κ2) is 18.9. The van der Waals surface area contributed by atoms with Gasteiger partial charge in [0.25, 0.3) is 6.71 Å². The second-order valence-corrected chi connectivity index (χ2v) is 20.2. The number of para-hydroxylation sites is 6. The molecule has 0 radical (unpaired) electrons. The molecular weight excluding hydrogens is 1000 g/mol. The van der Waals surface area contributed by atoms with Crippen molar-refractivity contribution in [3.8, 4) is 55.9 Å². The topological polar surface area (TPSA) is 16.3 Å². The van der Waals surface area contributed by atoms with E-state index in [4.69, 9.17) is 11.0 Å². The fourth-order valence-corrected chi connectivity index (χ4v) is 12.4. The van der Waals surface area contributed by atoms with E-state index in [-0.39, 0.29) is 43.8 Å². The van der Waals surface area contributed by atoms with Gasteiger partial charge in [0.1, 0.15) is 0 Å². The third-order valence-electron chi connectivity index (χ3n) is 15.8. The Bertz CT molecular complexity index is 5740. The molecule has 0 atom stereocenters. The van der Waals surface area contributed by atoms with Gasteiger partial charge in [0.2, 0.25) is 0 Å². The maximum Gasteiger partial charge on any atom is 0.252 e. The van der Waals surface area contributed by atoms with Crippen LogP contribution >= 0.6 is 0 Å². The van der Waals surface area contributed by atoms with Crippen LogP contribution in [0.2, 0.25) is 0 Å². The predicted octanol–water partition coefficient (Wildman–Crippen LogP) is 18.6. The first-order valence-corrected chi connectivity index (χ1v) is 26.9. The Morgan fingerprint density at radius 2 is 0.578 bits per heavy atom. The van der Waals surface area contributed by atoms with E-state index in [2.05, 4.69) is 0 Å². The maximum absolute atomic E-state index is 11.3. The summed E-state index contributed by atoms with van der Waals surface area (Å²) in [6, 6.07) is 38.5. The fourth-order valence-electron chi connectivity index (χ4n) is 12.4. The minimum Gasteiger partial charge on any atom is -0.310 e. The lowest BCUT2D eigenvalue weighted by molar-refractivity contribution is 1.17. The maximum atomic E-state index is 11.3. The normalized spacial score (nSPS) is 16.2. The van der Waals surface area contributed by atoms with Crippen molar-refractivity contribution in [2.24, 2.45) is 0 Å². The molecule has 0 amide bonds. The SMILES string of the molecule is [2H]c1c([2H])c(-n2c3c([2H])c([2H])c([2H])c([2H])c3c3c([2H])c([2H])c([2H])c([2H])c32)c([2H])c2c1B1c3c(cccc3N(c3c(-c4ccccc4)cccc3-c3ccccc3)c3c([2H])c(-n4c5c([2H])c([2H])c([2H])c([2H])c5c5c([2H])c([2H])c([2H])c([2H])c54)c([2H])c([2H])c31)N2c1c(-c2ccccc2)cccc1-c1ccccc1. The van der Waals surface area contributed by atoms with Gasteiger partial charge in [-0.25, -0.2) is 0 Å². The Morgan fingerprint density at radius 1 is 0.277 bits per heavy atom. The van der Waals surface area contributed by atoms with E-state index in [1.54, 1.807) is 28.0 Å². The minimum atomic E-state index is -1.58. The zero-order valence-corrected chi connectivity index (χ0v) is 43.6. The number of nitrogens with zero attached hydrogens (tertiary/aromatic N) is 4. The van der Waals surface area contributed by atoms with Crippen LogP contribution in [0.15, 0.2) is 309 Å². The number of anilines is 6. The summed E-state index contributed by atoms with van der Waals surface area (Å²) in [4.78, 5) is 3.59. The van der Waals surface area contributed by atoms with Gasteiger partial charge in [0, 0.05) is 77.9 Å². The highest BCUT2D eigenvalue weighted by Gasteiger charge is 2.45. The van der Waals surface area contributed by atoms with E-state index in [9.17, 15) is 19.2 Å². The standard InChI is InChI=1S/C78H51BN4/c1-5-24-52(25-6-1)58-36-21-37-59(53-26-7-2-8-27-53)77(58)82-72-44-23-45-73-76(72)79(66-48-46-56(50-74(66)82)80-68-40-17-13-32-62(68)63-33-14-18-41-69(63)80)67-49-47-57(81-70-42-19-15-34-64(70)65-35-16-20-43-71(65)81)51-75(67)83(73)78-60(54-28-9-3-10-29-54)38-22-39-61(78)55-30-11-4-12-31-55/h1-51H/i13D,14D,15D,16D,17D,18D,19D,20D,32D,33D,34D,35D,40D,41D,42D,43D,46D,47D,48D,49D,50D,51D. The average molecular weight is 1080 g/mol. The molecule has 0 spiro atoms. The molecule has 2 aliphatic rings. The van der Waals surface area contributed by atoms with Crippen LogP contribution in [0.5, 0.6) is 0 Å². The molecule has 0 fully saturated rings. The van der Waals surface area contributed by atoms with Crippen LogP contribution < -0.4 is 26.2 Å². The zero-order chi connectivity index (χ0) is 73.7. The first kappa shape index (κ1) is 30.1. The molecule has 2 aliphatic heterocycles. The summed E-state index contributed by atoms with van der Waals surface area (Å²) in [5.41, 5.74) is 3.32. The van der Waals surface area contributed by atoms with Crippen LogP contribution in [-0.2, 0) is 0 Å². The summed E-state index contributed by atoms with van der Waals surface area (Å²) in [6.45, 7) is -1.58. The summed E-state index contributed by atoms with van der Waals surface area (Å²) in [5, 5.41) is -1.39. The Kier molecular flexibility index (Phi) is 6.84. The summed E-state index contributed by atoms with van der Waals surface area (Å²) in [6.07, 6.45) is 0. The molecular formula is C78H51BN4. The summed E-state index contributed by atoms with van der Waals surface area (Å²) in [7, 11) is 0. The monoisotopic (exact) mass is 1080 g/mol. The Balaban J connectivity index is 1.12. The Morgan fingerprint density at radius 3 is 0.904 bits per heavy atom. The van der Waals surface area contributed by atoms with Crippen molar-refractivity contribution in [2.75, 3.05) is 9.80 Å². The van der Waals surface area contributed by atoms with E-state index >= 15 is 0 Å². The van der Waals surface area contributed by atoms with Gasteiger partial charge in [-0.3, -0.25) is 0 Å². The highest BCUT2D eigenvalue weighted by atomic mass is 15.2. The van der Waals surface area contributed by atoms with Gasteiger partial charge in [-0.15, -0.1) is 0 Å². The molecule has 13 aromatic carbocycles. The van der Waals surface area contributed by atoms with Gasteiger partial charge in [0.05, 0.1) is 63.6 Å². The number of fused-ring (bicyclic) bond motifs is 10. The van der Waals surface area contributed by atoms with Crippen LogP contribution in [0.3, 0.4) is 0 Å². The molecule has 0 aliphatic carbocycles. The summed E-state index contributed by atoms with van der Waals surface area (Å²) in [5.74, 6) is 0. The first-order valence-electron chi connectivity index (χ1n) is 37.9. The highest BCUT2D eigenvalue weighted by Crippen LogP contribution is 2.53. The van der Waals surface area contributed by atoms with E-state index in [1.165, 1.54) is 0 Å². The molecule has 4 heterocycles. The van der Waals surface area contributed by atoms with Crippen LogP contribution in [0.1, 0.15) is 30.2 Å². The van der Waals surface area contributed by atoms with Crippen molar-refractivity contribution < 1.29 is 30.2 Å². The summed E-state index contributed by atoms with van der Waals surface area (Å²) >= 11 is 0. The quantitative estimate of drug-likeness (QED) is 0.141. The third kappa shape index (κ3) is 7.21. The van der Waals surface area contributed by atoms with Gasteiger partial charge < -0.3 is 18.9 Å². The molecule has 0 unspecified atom stereocenters. The highest BCUT2D eigenvalue weighted by molar-refractivity contribution is 7.00. The largest absolute Gasteiger partial charge is 0.310 e. The minimum absolute atomic E-state index is 0.152. The van der Waals surface area contributed by atoms with Gasteiger partial charge >= 0.3 is 0 Å². The average Bonchev–Trinajstić information content (AvgIpc) is 1.67. The van der Waals surface area contributed by atoms with Crippen LogP contribution in [0.4, 0.5) is 34.1 Å². The van der Waals surface area contributed by atoms with E-state index in [0.29, 0.717) is 72.7 Å². The summed E-state index contributed by atoms with van der Waals surface area (Å²) < 4.78 is 217. The zero-order valence-electron chi connectivity index (χ0n) is 65.6. The van der Waals surface area contributed by atoms with Crippen LogP contribution in [0, 0.1) is 0 Å². The number of hydrogen-bond acceptors (Lipinski definition) is 2. The van der Waals surface area contributed by atoms with Gasteiger partial charge in [-0.1, -0.05) is 248 Å². The number of aromatic nitrogens is 2. The smallest absolute Gasteiger partial charge is 0.252 e.